The van der Waals surface area contributed by atoms with E-state index in [2.05, 4.69) is 16.8 Å². The summed E-state index contributed by atoms with van der Waals surface area (Å²) in [5.41, 5.74) is 1.07. The van der Waals surface area contributed by atoms with Gasteiger partial charge in [-0.25, -0.2) is 0 Å². The van der Waals surface area contributed by atoms with Gasteiger partial charge in [-0.15, -0.1) is 0 Å². The monoisotopic (exact) mass is 342 g/mol. The van der Waals surface area contributed by atoms with E-state index in [9.17, 15) is 4.79 Å². The molecule has 0 aromatic heterocycles. The molecule has 2 aliphatic heterocycles. The van der Waals surface area contributed by atoms with Crippen LogP contribution in [0.4, 0.5) is 0 Å². The van der Waals surface area contributed by atoms with Crippen LogP contribution < -0.4 is 0 Å². The normalized spacial score (nSPS) is 31.2. The summed E-state index contributed by atoms with van der Waals surface area (Å²) in [7, 11) is 2.25. The quantitative estimate of drug-likeness (QED) is 0.788. The van der Waals surface area contributed by atoms with Gasteiger partial charge in [-0.2, -0.15) is 0 Å². The molecule has 1 aromatic rings. The van der Waals surface area contributed by atoms with E-state index in [0.29, 0.717) is 6.61 Å². The predicted octanol–water partition coefficient (Wildman–Crippen LogP) is 2.78. The lowest BCUT2D eigenvalue weighted by molar-refractivity contribution is -0.151. The number of likely N-dealkylation sites (tertiary alicyclic amines) is 2. The van der Waals surface area contributed by atoms with Gasteiger partial charge in [0.1, 0.15) is 6.61 Å². The summed E-state index contributed by atoms with van der Waals surface area (Å²) >= 11 is 0. The zero-order chi connectivity index (χ0) is 17.2. The Bertz CT molecular complexity index is 569. The van der Waals surface area contributed by atoms with E-state index in [0.717, 1.165) is 49.4 Å². The van der Waals surface area contributed by atoms with Crippen molar-refractivity contribution in [2.45, 2.75) is 38.3 Å². The Morgan fingerprint density at radius 2 is 1.72 bits per heavy atom. The van der Waals surface area contributed by atoms with Gasteiger partial charge in [-0.05, 0) is 63.2 Å². The summed E-state index contributed by atoms with van der Waals surface area (Å²) in [6.07, 6.45) is 4.63. The molecule has 0 N–H and O–H groups in total. The molecule has 2 unspecified atom stereocenters. The molecule has 0 amide bonds. The van der Waals surface area contributed by atoms with Crippen molar-refractivity contribution in [3.05, 3.63) is 35.9 Å². The Hall–Kier alpha value is -1.39. The fraction of sp³-hybridized carbons (Fsp3) is 0.667. The summed E-state index contributed by atoms with van der Waals surface area (Å²) in [5, 5.41) is 0. The number of carbonyl (C=O) groups excluding carboxylic acids is 1. The molecule has 4 rings (SSSR count). The molecule has 1 aliphatic carbocycles. The summed E-state index contributed by atoms with van der Waals surface area (Å²) in [4.78, 5) is 17.5. The lowest BCUT2D eigenvalue weighted by Crippen LogP contribution is -2.42. The zero-order valence-electron chi connectivity index (χ0n) is 15.3. The first-order chi connectivity index (χ1) is 12.2. The maximum Gasteiger partial charge on any atom is 0.309 e. The lowest BCUT2D eigenvalue weighted by Gasteiger charge is -2.35. The average molecular weight is 342 g/mol. The van der Waals surface area contributed by atoms with Crippen LogP contribution in [0.3, 0.4) is 0 Å². The van der Waals surface area contributed by atoms with Crippen molar-refractivity contribution in [3.8, 4) is 0 Å². The van der Waals surface area contributed by atoms with Crippen LogP contribution in [0.2, 0.25) is 0 Å². The topological polar surface area (TPSA) is 32.8 Å². The Labute approximate surface area is 151 Å². The highest BCUT2D eigenvalue weighted by Crippen LogP contribution is 2.40. The lowest BCUT2D eigenvalue weighted by atomic mass is 9.95. The minimum Gasteiger partial charge on any atom is -0.461 e. The van der Waals surface area contributed by atoms with E-state index >= 15 is 0 Å². The fourth-order valence-electron chi connectivity index (χ4n) is 5.15. The van der Waals surface area contributed by atoms with Crippen molar-refractivity contribution >= 4 is 5.97 Å². The van der Waals surface area contributed by atoms with Gasteiger partial charge in [0.15, 0.2) is 0 Å². The van der Waals surface area contributed by atoms with Crippen LogP contribution in [0.25, 0.3) is 0 Å². The molecule has 0 radical (unpaired) electrons. The number of nitrogens with zero attached hydrogens (tertiary/aromatic N) is 2. The second-order valence-electron chi connectivity index (χ2n) is 8.27. The number of ether oxygens (including phenoxy) is 1. The number of piperidine rings is 1. The molecule has 1 aromatic carbocycles. The van der Waals surface area contributed by atoms with Crippen LogP contribution in [0.15, 0.2) is 30.3 Å². The predicted molar refractivity (Wildman–Crippen MR) is 98.0 cm³/mol. The summed E-state index contributed by atoms with van der Waals surface area (Å²) < 4.78 is 5.54. The van der Waals surface area contributed by atoms with Gasteiger partial charge in [0.05, 0.1) is 5.92 Å². The van der Waals surface area contributed by atoms with Crippen LogP contribution in [0.1, 0.15) is 31.2 Å². The average Bonchev–Trinajstić information content (AvgIpc) is 3.18. The Balaban J connectivity index is 1.21. The second kappa shape index (κ2) is 7.46. The third-order valence-corrected chi connectivity index (χ3v) is 6.51. The maximum atomic E-state index is 12.3. The SMILES string of the molecule is CN1CC2CC(N3CCC(C(=O)OCc4ccccc4)CC3)CC2C1. The number of hydrogen-bond acceptors (Lipinski definition) is 4. The molecule has 4 heteroatoms. The van der Waals surface area contributed by atoms with Crippen molar-refractivity contribution < 1.29 is 9.53 Å². The molecule has 3 fully saturated rings. The first-order valence-electron chi connectivity index (χ1n) is 9.82. The summed E-state index contributed by atoms with van der Waals surface area (Å²) in [6.45, 7) is 5.09. The zero-order valence-corrected chi connectivity index (χ0v) is 15.3. The van der Waals surface area contributed by atoms with Crippen LogP contribution >= 0.6 is 0 Å². The molecular weight excluding hydrogens is 312 g/mol. The van der Waals surface area contributed by atoms with Crippen molar-refractivity contribution in [2.75, 3.05) is 33.2 Å². The number of hydrogen-bond donors (Lipinski definition) is 0. The standard InChI is InChI=1S/C21H30N2O2/c1-22-13-18-11-20(12-19(18)14-22)23-9-7-17(8-10-23)21(24)25-15-16-5-3-2-4-6-16/h2-6,17-20H,7-15H2,1H3. The first-order valence-corrected chi connectivity index (χ1v) is 9.82. The van der Waals surface area contributed by atoms with Gasteiger partial charge >= 0.3 is 5.97 Å². The molecule has 2 saturated heterocycles. The fourth-order valence-corrected chi connectivity index (χ4v) is 5.15. The van der Waals surface area contributed by atoms with Gasteiger partial charge in [-0.3, -0.25) is 4.79 Å². The van der Waals surface area contributed by atoms with E-state index in [4.69, 9.17) is 4.74 Å². The van der Waals surface area contributed by atoms with Crippen LogP contribution in [-0.2, 0) is 16.1 Å². The number of rotatable bonds is 4. The van der Waals surface area contributed by atoms with Crippen LogP contribution in [-0.4, -0.2) is 55.0 Å². The molecule has 136 valence electrons. The highest BCUT2D eigenvalue weighted by Gasteiger charge is 2.42. The van der Waals surface area contributed by atoms with Crippen molar-refractivity contribution in [3.63, 3.8) is 0 Å². The summed E-state index contributed by atoms with van der Waals surface area (Å²) in [5.74, 6) is 1.90. The minimum absolute atomic E-state index is 0.00609. The van der Waals surface area contributed by atoms with E-state index in [1.165, 1.54) is 25.9 Å². The number of benzene rings is 1. The summed E-state index contributed by atoms with van der Waals surface area (Å²) in [6, 6.07) is 10.7. The molecular formula is C21H30N2O2. The second-order valence-corrected chi connectivity index (χ2v) is 8.27. The molecule has 0 spiro atoms. The largest absolute Gasteiger partial charge is 0.461 e. The third kappa shape index (κ3) is 3.90. The smallest absolute Gasteiger partial charge is 0.309 e. The maximum absolute atomic E-state index is 12.3. The highest BCUT2D eigenvalue weighted by molar-refractivity contribution is 5.72. The molecule has 3 aliphatic rings. The Morgan fingerprint density at radius 3 is 2.36 bits per heavy atom. The highest BCUT2D eigenvalue weighted by atomic mass is 16.5. The van der Waals surface area contributed by atoms with E-state index in [1.807, 2.05) is 30.3 Å². The molecule has 25 heavy (non-hydrogen) atoms. The molecule has 2 heterocycles. The minimum atomic E-state index is -0.00609. The molecule has 2 atom stereocenters. The molecule has 1 saturated carbocycles. The molecule has 0 bridgehead atoms. The van der Waals surface area contributed by atoms with Crippen molar-refractivity contribution in [1.82, 2.24) is 9.80 Å². The van der Waals surface area contributed by atoms with Gasteiger partial charge in [0.25, 0.3) is 0 Å². The van der Waals surface area contributed by atoms with Crippen LogP contribution in [0.5, 0.6) is 0 Å². The van der Waals surface area contributed by atoms with E-state index in [-0.39, 0.29) is 11.9 Å². The van der Waals surface area contributed by atoms with E-state index < -0.39 is 0 Å². The number of fused-ring (bicyclic) bond motifs is 1. The first kappa shape index (κ1) is 17.0. The third-order valence-electron chi connectivity index (χ3n) is 6.51. The Kier molecular flexibility index (Phi) is 5.09. The van der Waals surface area contributed by atoms with Crippen molar-refractivity contribution in [1.29, 1.82) is 0 Å². The van der Waals surface area contributed by atoms with Gasteiger partial charge in [0, 0.05) is 19.1 Å². The Morgan fingerprint density at radius 1 is 1.08 bits per heavy atom. The number of carbonyl (C=O) groups is 1. The van der Waals surface area contributed by atoms with Gasteiger partial charge in [0.2, 0.25) is 0 Å². The van der Waals surface area contributed by atoms with Gasteiger partial charge in [-0.1, -0.05) is 30.3 Å². The van der Waals surface area contributed by atoms with Crippen molar-refractivity contribution in [2.24, 2.45) is 17.8 Å². The van der Waals surface area contributed by atoms with Crippen LogP contribution in [0, 0.1) is 17.8 Å². The van der Waals surface area contributed by atoms with Gasteiger partial charge < -0.3 is 14.5 Å². The van der Waals surface area contributed by atoms with E-state index in [1.54, 1.807) is 0 Å². The molecule has 4 nitrogen and oxygen atoms in total. The number of esters is 1.